The van der Waals surface area contributed by atoms with Crippen LogP contribution < -0.4 is 9.80 Å². The Labute approximate surface area is 183 Å². The molecule has 0 atom stereocenters. The first kappa shape index (κ1) is 20.1. The third-order valence-corrected chi connectivity index (χ3v) is 6.32. The summed E-state index contributed by atoms with van der Waals surface area (Å²) in [7, 11) is 0. The summed E-state index contributed by atoms with van der Waals surface area (Å²) in [6.45, 7) is 14.2. The molecular formula is C22H31N9. The van der Waals surface area contributed by atoms with Crippen molar-refractivity contribution in [1.29, 1.82) is 0 Å². The molecule has 0 radical (unpaired) electrons. The van der Waals surface area contributed by atoms with E-state index in [0.717, 1.165) is 88.6 Å². The Morgan fingerprint density at radius 3 is 2.32 bits per heavy atom. The van der Waals surface area contributed by atoms with Gasteiger partial charge in [-0.25, -0.2) is 9.97 Å². The van der Waals surface area contributed by atoms with Crippen molar-refractivity contribution >= 4 is 17.4 Å². The molecule has 2 aliphatic heterocycles. The van der Waals surface area contributed by atoms with E-state index in [1.807, 2.05) is 29.8 Å². The summed E-state index contributed by atoms with van der Waals surface area (Å²) in [6.07, 6.45) is 1.86. The van der Waals surface area contributed by atoms with Crippen LogP contribution in [0.4, 0.5) is 11.6 Å². The zero-order valence-corrected chi connectivity index (χ0v) is 18.5. The van der Waals surface area contributed by atoms with Gasteiger partial charge < -0.3 is 14.7 Å². The van der Waals surface area contributed by atoms with Crippen LogP contribution in [0.3, 0.4) is 0 Å². The Hall–Kier alpha value is -2.78. The number of anilines is 2. The maximum Gasteiger partial charge on any atom is 0.254 e. The lowest BCUT2D eigenvalue weighted by Gasteiger charge is -2.35. The van der Waals surface area contributed by atoms with E-state index in [1.54, 1.807) is 0 Å². The monoisotopic (exact) mass is 421 g/mol. The van der Waals surface area contributed by atoms with Gasteiger partial charge in [0, 0.05) is 70.3 Å². The van der Waals surface area contributed by atoms with Crippen molar-refractivity contribution < 1.29 is 0 Å². The van der Waals surface area contributed by atoms with Gasteiger partial charge in [0.2, 0.25) is 0 Å². The van der Waals surface area contributed by atoms with Gasteiger partial charge in [-0.3, -0.25) is 4.90 Å². The Balaban J connectivity index is 1.28. The Morgan fingerprint density at radius 1 is 0.871 bits per heavy atom. The molecule has 2 fully saturated rings. The topological polar surface area (TPSA) is 68.9 Å². The summed E-state index contributed by atoms with van der Waals surface area (Å²) in [4.78, 5) is 23.5. The lowest BCUT2D eigenvalue weighted by molar-refractivity contribution is 0.243. The zero-order valence-electron chi connectivity index (χ0n) is 18.5. The van der Waals surface area contributed by atoms with E-state index in [4.69, 9.17) is 10.1 Å². The summed E-state index contributed by atoms with van der Waals surface area (Å²) in [5.74, 6) is 3.71. The molecule has 2 saturated heterocycles. The van der Waals surface area contributed by atoms with Crippen LogP contribution in [0.2, 0.25) is 0 Å². The van der Waals surface area contributed by atoms with E-state index in [2.05, 4.69) is 48.6 Å². The maximum absolute atomic E-state index is 4.86. The standard InChI is InChI=1S/C22H31N9/c1-3-27-8-14-30(15-9-27)21-16-18(2)24-22-25-19(26-31(21)22)17-28-10-12-29(13-11-28)20-6-4-5-7-23-20/h4-7,16H,3,8-15,17H2,1-2H3. The number of aryl methyl sites for hydroxylation is 1. The molecule has 0 bridgehead atoms. The van der Waals surface area contributed by atoms with Crippen molar-refractivity contribution in [2.24, 2.45) is 0 Å². The quantitative estimate of drug-likeness (QED) is 0.611. The fourth-order valence-corrected chi connectivity index (χ4v) is 4.47. The zero-order chi connectivity index (χ0) is 21.2. The molecule has 0 N–H and O–H groups in total. The Bertz CT molecular complexity index is 1000. The molecule has 2 aliphatic rings. The summed E-state index contributed by atoms with van der Waals surface area (Å²) in [5, 5.41) is 4.86. The highest BCUT2D eigenvalue weighted by atomic mass is 15.4. The molecule has 0 saturated carbocycles. The number of hydrogen-bond acceptors (Lipinski definition) is 8. The van der Waals surface area contributed by atoms with Crippen molar-refractivity contribution in [2.75, 3.05) is 68.7 Å². The summed E-state index contributed by atoms with van der Waals surface area (Å²) < 4.78 is 1.94. The van der Waals surface area contributed by atoms with Crippen molar-refractivity contribution in [3.8, 4) is 0 Å². The van der Waals surface area contributed by atoms with Gasteiger partial charge in [-0.05, 0) is 25.6 Å². The largest absolute Gasteiger partial charge is 0.354 e. The van der Waals surface area contributed by atoms with Crippen LogP contribution in [-0.4, -0.2) is 93.3 Å². The molecule has 9 heteroatoms. The lowest BCUT2D eigenvalue weighted by atomic mass is 10.3. The first-order chi connectivity index (χ1) is 15.2. The molecule has 31 heavy (non-hydrogen) atoms. The molecule has 5 rings (SSSR count). The van der Waals surface area contributed by atoms with Crippen LogP contribution in [0.5, 0.6) is 0 Å². The summed E-state index contributed by atoms with van der Waals surface area (Å²) >= 11 is 0. The van der Waals surface area contributed by atoms with Crippen LogP contribution in [0.25, 0.3) is 5.78 Å². The van der Waals surface area contributed by atoms with Crippen LogP contribution in [0, 0.1) is 6.92 Å². The van der Waals surface area contributed by atoms with Gasteiger partial charge in [-0.1, -0.05) is 13.0 Å². The molecule has 0 aromatic carbocycles. The molecule has 9 nitrogen and oxygen atoms in total. The third kappa shape index (κ3) is 4.33. The van der Waals surface area contributed by atoms with E-state index in [-0.39, 0.29) is 0 Å². The minimum Gasteiger partial charge on any atom is -0.354 e. The average Bonchev–Trinajstić information content (AvgIpc) is 3.21. The molecular weight excluding hydrogens is 390 g/mol. The average molecular weight is 422 g/mol. The van der Waals surface area contributed by atoms with E-state index >= 15 is 0 Å². The van der Waals surface area contributed by atoms with Crippen molar-refractivity contribution in [1.82, 2.24) is 34.4 Å². The van der Waals surface area contributed by atoms with Gasteiger partial charge in [0.05, 0.1) is 6.54 Å². The second kappa shape index (κ2) is 8.76. The number of rotatable bonds is 5. The predicted octanol–water partition coefficient (Wildman–Crippen LogP) is 1.29. The van der Waals surface area contributed by atoms with E-state index in [1.165, 1.54) is 0 Å². The Morgan fingerprint density at radius 2 is 1.61 bits per heavy atom. The van der Waals surface area contributed by atoms with E-state index in [9.17, 15) is 0 Å². The first-order valence-corrected chi connectivity index (χ1v) is 11.3. The van der Waals surface area contributed by atoms with Gasteiger partial charge in [-0.2, -0.15) is 9.50 Å². The molecule has 3 aromatic rings. The van der Waals surface area contributed by atoms with Crippen LogP contribution >= 0.6 is 0 Å². The summed E-state index contributed by atoms with van der Waals surface area (Å²) in [6, 6.07) is 8.22. The second-order valence-electron chi connectivity index (χ2n) is 8.37. The SMILES string of the molecule is CCN1CCN(c2cc(C)nc3nc(CN4CCN(c5ccccn5)CC4)nn23)CC1. The minimum absolute atomic E-state index is 0.704. The fourth-order valence-electron chi connectivity index (χ4n) is 4.47. The Kier molecular flexibility index (Phi) is 5.69. The first-order valence-electron chi connectivity index (χ1n) is 11.3. The highest BCUT2D eigenvalue weighted by Crippen LogP contribution is 2.19. The fraction of sp³-hybridized carbons (Fsp3) is 0.545. The molecule has 0 spiro atoms. The molecule has 164 valence electrons. The number of piperazine rings is 2. The smallest absolute Gasteiger partial charge is 0.254 e. The number of fused-ring (bicyclic) bond motifs is 1. The molecule has 3 aromatic heterocycles. The van der Waals surface area contributed by atoms with Crippen LogP contribution in [0.15, 0.2) is 30.5 Å². The van der Waals surface area contributed by atoms with Crippen LogP contribution in [0.1, 0.15) is 18.4 Å². The summed E-state index contributed by atoms with van der Waals surface area (Å²) in [5.41, 5.74) is 0.989. The number of likely N-dealkylation sites (N-methyl/N-ethyl adjacent to an activating group) is 1. The van der Waals surface area contributed by atoms with Gasteiger partial charge in [-0.15, -0.1) is 5.10 Å². The highest BCUT2D eigenvalue weighted by Gasteiger charge is 2.22. The molecule has 5 heterocycles. The van der Waals surface area contributed by atoms with Crippen molar-refractivity contribution in [3.05, 3.63) is 42.0 Å². The lowest BCUT2D eigenvalue weighted by Crippen LogP contribution is -2.47. The minimum atomic E-state index is 0.704. The molecule has 0 unspecified atom stereocenters. The normalized spacial score (nSPS) is 18.8. The molecule has 0 aliphatic carbocycles. The van der Waals surface area contributed by atoms with Crippen molar-refractivity contribution in [3.63, 3.8) is 0 Å². The van der Waals surface area contributed by atoms with Gasteiger partial charge in [0.25, 0.3) is 5.78 Å². The van der Waals surface area contributed by atoms with E-state index in [0.29, 0.717) is 5.78 Å². The second-order valence-corrected chi connectivity index (χ2v) is 8.37. The highest BCUT2D eigenvalue weighted by molar-refractivity contribution is 5.48. The molecule has 0 amide bonds. The maximum atomic E-state index is 4.86. The number of aromatic nitrogens is 5. The van der Waals surface area contributed by atoms with Crippen LogP contribution in [-0.2, 0) is 6.54 Å². The van der Waals surface area contributed by atoms with E-state index < -0.39 is 0 Å². The van der Waals surface area contributed by atoms with Gasteiger partial charge in [0.15, 0.2) is 5.82 Å². The predicted molar refractivity (Wildman–Crippen MR) is 122 cm³/mol. The number of nitrogens with zero attached hydrogens (tertiary/aromatic N) is 9. The third-order valence-electron chi connectivity index (χ3n) is 6.32. The van der Waals surface area contributed by atoms with Gasteiger partial charge >= 0.3 is 0 Å². The number of hydrogen-bond donors (Lipinski definition) is 0. The van der Waals surface area contributed by atoms with Gasteiger partial charge in [0.1, 0.15) is 11.6 Å². The van der Waals surface area contributed by atoms with Crippen molar-refractivity contribution in [2.45, 2.75) is 20.4 Å². The number of pyridine rings is 1.